The van der Waals surface area contributed by atoms with E-state index in [0.717, 1.165) is 39.0 Å². The van der Waals surface area contributed by atoms with Gasteiger partial charge in [0, 0.05) is 32.0 Å². The monoisotopic (exact) mass is 315 g/mol. The molecule has 1 fully saturated rings. The highest BCUT2D eigenvalue weighted by Gasteiger charge is 2.23. The molecule has 3 rings (SSSR count). The molecule has 2 aliphatic rings. The van der Waals surface area contributed by atoms with Crippen molar-refractivity contribution in [2.45, 2.75) is 38.8 Å². The lowest BCUT2D eigenvalue weighted by Gasteiger charge is -2.21. The lowest BCUT2D eigenvalue weighted by Crippen LogP contribution is -2.38. The molecule has 5 heteroatoms. The van der Waals surface area contributed by atoms with Gasteiger partial charge in [0.25, 0.3) is 0 Å². The molecular formula is C18H25N3O2. The Bertz CT molecular complexity index is 542. The molecule has 0 saturated carbocycles. The van der Waals surface area contributed by atoms with Gasteiger partial charge >= 0.3 is 0 Å². The van der Waals surface area contributed by atoms with E-state index in [2.05, 4.69) is 22.8 Å². The van der Waals surface area contributed by atoms with Crippen LogP contribution in [0.3, 0.4) is 0 Å². The Labute approximate surface area is 137 Å². The minimum Gasteiger partial charge on any atom is -0.356 e. The molecule has 0 atom stereocenters. The summed E-state index contributed by atoms with van der Waals surface area (Å²) >= 11 is 0. The van der Waals surface area contributed by atoms with Crippen LogP contribution in [0, 0.1) is 5.92 Å². The second-order valence-electron chi connectivity index (χ2n) is 6.44. The molecule has 2 amide bonds. The van der Waals surface area contributed by atoms with E-state index in [0.29, 0.717) is 19.4 Å². The molecule has 1 aromatic carbocycles. The number of hydrogen-bond acceptors (Lipinski definition) is 3. The number of carbonyl (C=O) groups excluding carboxylic acids is 2. The van der Waals surface area contributed by atoms with Crippen molar-refractivity contribution in [2.75, 3.05) is 19.6 Å². The summed E-state index contributed by atoms with van der Waals surface area (Å²) in [6.45, 7) is 3.88. The molecule has 5 nitrogen and oxygen atoms in total. The van der Waals surface area contributed by atoms with Gasteiger partial charge in [-0.3, -0.25) is 9.59 Å². The molecule has 1 aromatic rings. The van der Waals surface area contributed by atoms with Gasteiger partial charge in [0.15, 0.2) is 0 Å². The van der Waals surface area contributed by atoms with Crippen molar-refractivity contribution in [3.8, 4) is 0 Å². The molecule has 0 aromatic heterocycles. The highest BCUT2D eigenvalue weighted by molar-refractivity contribution is 5.79. The summed E-state index contributed by atoms with van der Waals surface area (Å²) < 4.78 is 0. The standard InChI is InChI=1S/C18H25N3O2/c22-17(21-12-15-4-1-2-5-16(15)13-21)6-3-9-20-18(23)14-7-10-19-11-8-14/h1-2,4-5,14,19H,3,6-13H2,(H,20,23). The lowest BCUT2D eigenvalue weighted by molar-refractivity contribution is -0.132. The summed E-state index contributed by atoms with van der Waals surface area (Å²) in [5, 5.41) is 6.24. The van der Waals surface area contributed by atoms with Gasteiger partial charge in [-0.1, -0.05) is 24.3 Å². The third-order valence-corrected chi connectivity index (χ3v) is 4.77. The predicted molar refractivity (Wildman–Crippen MR) is 88.5 cm³/mol. The molecule has 0 aliphatic carbocycles. The first-order chi connectivity index (χ1) is 11.2. The Morgan fingerprint density at radius 2 is 1.78 bits per heavy atom. The fourth-order valence-electron chi connectivity index (χ4n) is 3.35. The van der Waals surface area contributed by atoms with Gasteiger partial charge in [-0.15, -0.1) is 0 Å². The number of carbonyl (C=O) groups is 2. The van der Waals surface area contributed by atoms with E-state index in [1.807, 2.05) is 17.0 Å². The Morgan fingerprint density at radius 1 is 1.13 bits per heavy atom. The summed E-state index contributed by atoms with van der Waals surface area (Å²) in [4.78, 5) is 26.2. The minimum absolute atomic E-state index is 0.139. The van der Waals surface area contributed by atoms with Crippen LogP contribution in [0.15, 0.2) is 24.3 Å². The molecular weight excluding hydrogens is 290 g/mol. The van der Waals surface area contributed by atoms with Crippen molar-refractivity contribution in [3.63, 3.8) is 0 Å². The molecule has 2 heterocycles. The van der Waals surface area contributed by atoms with Crippen LogP contribution in [0.25, 0.3) is 0 Å². The molecule has 0 unspecified atom stereocenters. The SMILES string of the molecule is O=C(NCCCC(=O)N1Cc2ccccc2C1)C1CCNCC1. The average molecular weight is 315 g/mol. The first-order valence-corrected chi connectivity index (χ1v) is 8.57. The van der Waals surface area contributed by atoms with Crippen LogP contribution in [0.4, 0.5) is 0 Å². The molecule has 23 heavy (non-hydrogen) atoms. The number of nitrogens with one attached hydrogen (secondary N) is 2. The van der Waals surface area contributed by atoms with Crippen LogP contribution in [-0.4, -0.2) is 36.3 Å². The average Bonchev–Trinajstić information content (AvgIpc) is 3.03. The van der Waals surface area contributed by atoms with E-state index in [-0.39, 0.29) is 17.7 Å². The van der Waals surface area contributed by atoms with Crippen LogP contribution < -0.4 is 10.6 Å². The summed E-state index contributed by atoms with van der Waals surface area (Å²) in [6.07, 6.45) is 3.04. The molecule has 1 saturated heterocycles. The Morgan fingerprint density at radius 3 is 2.43 bits per heavy atom. The maximum atomic E-state index is 12.3. The molecule has 2 aliphatic heterocycles. The number of fused-ring (bicyclic) bond motifs is 1. The molecule has 0 bridgehead atoms. The Balaban J connectivity index is 1.35. The van der Waals surface area contributed by atoms with Crippen LogP contribution in [-0.2, 0) is 22.7 Å². The number of hydrogen-bond donors (Lipinski definition) is 2. The minimum atomic E-state index is 0.139. The third kappa shape index (κ3) is 4.10. The van der Waals surface area contributed by atoms with Gasteiger partial charge in [0.2, 0.25) is 11.8 Å². The second-order valence-corrected chi connectivity index (χ2v) is 6.44. The molecule has 124 valence electrons. The first-order valence-electron chi connectivity index (χ1n) is 8.57. The molecule has 0 spiro atoms. The van der Waals surface area contributed by atoms with Crippen molar-refractivity contribution >= 4 is 11.8 Å². The van der Waals surface area contributed by atoms with Crippen LogP contribution in [0.5, 0.6) is 0 Å². The van der Waals surface area contributed by atoms with Crippen molar-refractivity contribution in [1.82, 2.24) is 15.5 Å². The van der Waals surface area contributed by atoms with Gasteiger partial charge < -0.3 is 15.5 Å². The lowest BCUT2D eigenvalue weighted by atomic mass is 9.97. The largest absolute Gasteiger partial charge is 0.356 e. The number of nitrogens with zero attached hydrogens (tertiary/aromatic N) is 1. The van der Waals surface area contributed by atoms with E-state index in [9.17, 15) is 9.59 Å². The fourth-order valence-corrected chi connectivity index (χ4v) is 3.35. The summed E-state index contributed by atoms with van der Waals surface area (Å²) in [5.41, 5.74) is 2.50. The normalized spacial score (nSPS) is 17.8. The highest BCUT2D eigenvalue weighted by atomic mass is 16.2. The van der Waals surface area contributed by atoms with Crippen molar-refractivity contribution in [2.24, 2.45) is 5.92 Å². The zero-order valence-corrected chi connectivity index (χ0v) is 13.5. The fraction of sp³-hybridized carbons (Fsp3) is 0.556. The van der Waals surface area contributed by atoms with Gasteiger partial charge in [-0.05, 0) is 43.5 Å². The topological polar surface area (TPSA) is 61.4 Å². The maximum Gasteiger partial charge on any atom is 0.223 e. The van der Waals surface area contributed by atoms with Crippen LogP contribution in [0.1, 0.15) is 36.8 Å². The quantitative estimate of drug-likeness (QED) is 0.808. The van der Waals surface area contributed by atoms with Gasteiger partial charge in [-0.2, -0.15) is 0 Å². The van der Waals surface area contributed by atoms with E-state index >= 15 is 0 Å². The number of amides is 2. The Kier molecular flexibility index (Phi) is 5.28. The second kappa shape index (κ2) is 7.59. The maximum absolute atomic E-state index is 12.3. The van der Waals surface area contributed by atoms with Crippen molar-refractivity contribution < 1.29 is 9.59 Å². The number of piperidine rings is 1. The van der Waals surface area contributed by atoms with E-state index in [4.69, 9.17) is 0 Å². The Hall–Kier alpha value is -1.88. The van der Waals surface area contributed by atoms with E-state index in [1.54, 1.807) is 0 Å². The zero-order chi connectivity index (χ0) is 16.1. The van der Waals surface area contributed by atoms with E-state index < -0.39 is 0 Å². The summed E-state index contributed by atoms with van der Waals surface area (Å²) in [6, 6.07) is 8.20. The van der Waals surface area contributed by atoms with Crippen LogP contribution >= 0.6 is 0 Å². The van der Waals surface area contributed by atoms with Gasteiger partial charge in [-0.25, -0.2) is 0 Å². The molecule has 2 N–H and O–H groups in total. The number of rotatable bonds is 5. The van der Waals surface area contributed by atoms with E-state index in [1.165, 1.54) is 11.1 Å². The number of benzene rings is 1. The van der Waals surface area contributed by atoms with Gasteiger partial charge in [0.05, 0.1) is 0 Å². The summed E-state index contributed by atoms with van der Waals surface area (Å²) in [5.74, 6) is 0.463. The van der Waals surface area contributed by atoms with Gasteiger partial charge in [0.1, 0.15) is 0 Å². The highest BCUT2D eigenvalue weighted by Crippen LogP contribution is 2.22. The van der Waals surface area contributed by atoms with Crippen molar-refractivity contribution in [1.29, 1.82) is 0 Å². The van der Waals surface area contributed by atoms with Crippen LogP contribution in [0.2, 0.25) is 0 Å². The first kappa shape index (κ1) is 16.0. The predicted octanol–water partition coefficient (Wildman–Crippen LogP) is 1.42. The zero-order valence-electron chi connectivity index (χ0n) is 13.5. The molecule has 0 radical (unpaired) electrons. The van der Waals surface area contributed by atoms with Crippen molar-refractivity contribution in [3.05, 3.63) is 35.4 Å². The summed E-state index contributed by atoms with van der Waals surface area (Å²) in [7, 11) is 0. The smallest absolute Gasteiger partial charge is 0.223 e. The third-order valence-electron chi connectivity index (χ3n) is 4.77.